The minimum Gasteiger partial charge on any atom is -0.381 e. The van der Waals surface area contributed by atoms with E-state index in [1.165, 1.54) is 0 Å². The quantitative estimate of drug-likeness (QED) is 0.882. The highest BCUT2D eigenvalue weighted by molar-refractivity contribution is 5.94. The van der Waals surface area contributed by atoms with Gasteiger partial charge in [-0.15, -0.1) is 0 Å². The molecule has 142 valence electrons. The second kappa shape index (κ2) is 7.19. The molecular formula is C19H24N6O2. The Bertz CT molecular complexity index is 794. The van der Waals surface area contributed by atoms with E-state index in [2.05, 4.69) is 25.3 Å². The van der Waals surface area contributed by atoms with Gasteiger partial charge in [-0.05, 0) is 26.7 Å². The fraction of sp³-hybridized carbons (Fsp3) is 0.526. The lowest BCUT2D eigenvalue weighted by Crippen LogP contribution is -2.60. The number of ether oxygens (including phenoxy) is 1. The first-order valence-corrected chi connectivity index (χ1v) is 9.29. The first-order valence-electron chi connectivity index (χ1n) is 9.29. The van der Waals surface area contributed by atoms with E-state index in [0.717, 1.165) is 50.5 Å². The molecule has 0 bridgehead atoms. The van der Waals surface area contributed by atoms with Crippen LogP contribution in [0.2, 0.25) is 0 Å². The van der Waals surface area contributed by atoms with Crippen molar-refractivity contribution in [2.45, 2.75) is 32.7 Å². The molecule has 0 aromatic carbocycles. The number of likely N-dealkylation sites (tertiary alicyclic amines) is 1. The Hall–Kier alpha value is -2.61. The van der Waals surface area contributed by atoms with Crippen LogP contribution in [0.25, 0.3) is 0 Å². The van der Waals surface area contributed by atoms with E-state index in [1.807, 2.05) is 18.7 Å². The summed E-state index contributed by atoms with van der Waals surface area (Å²) in [5.41, 5.74) is 1.74. The molecule has 0 aliphatic carbocycles. The van der Waals surface area contributed by atoms with Crippen LogP contribution in [0.4, 0.5) is 5.95 Å². The van der Waals surface area contributed by atoms with Crippen molar-refractivity contribution in [1.29, 1.82) is 0 Å². The van der Waals surface area contributed by atoms with Crippen molar-refractivity contribution in [3.05, 3.63) is 41.7 Å². The molecular weight excluding hydrogens is 344 g/mol. The molecule has 1 N–H and O–H groups in total. The zero-order valence-corrected chi connectivity index (χ0v) is 15.7. The standard InChI is InChI=1S/C19H24N6O2/c1-13(15-7-20-14(2)21-8-15)24-18-22-9-16(10-23-18)17(26)25-11-19(12-25)3-5-27-6-4-19/h7-10,13H,3-6,11-12H2,1-2H3,(H,22,23,24). The molecule has 27 heavy (non-hydrogen) atoms. The van der Waals surface area contributed by atoms with Gasteiger partial charge in [-0.1, -0.05) is 0 Å². The molecule has 2 aliphatic heterocycles. The highest BCUT2D eigenvalue weighted by atomic mass is 16.5. The third-order valence-corrected chi connectivity index (χ3v) is 5.44. The summed E-state index contributed by atoms with van der Waals surface area (Å²) in [5, 5.41) is 3.21. The average molecular weight is 368 g/mol. The molecule has 2 fully saturated rings. The van der Waals surface area contributed by atoms with Gasteiger partial charge in [0.25, 0.3) is 5.91 Å². The topological polar surface area (TPSA) is 93.1 Å². The first kappa shape index (κ1) is 17.8. The maximum atomic E-state index is 12.6. The molecule has 4 rings (SSSR count). The Morgan fingerprint density at radius 1 is 1.11 bits per heavy atom. The molecule has 2 aliphatic rings. The van der Waals surface area contributed by atoms with Crippen LogP contribution in [0, 0.1) is 12.3 Å². The molecule has 2 aromatic rings. The van der Waals surface area contributed by atoms with E-state index >= 15 is 0 Å². The number of hydrogen-bond acceptors (Lipinski definition) is 7. The smallest absolute Gasteiger partial charge is 0.257 e. The van der Waals surface area contributed by atoms with Crippen molar-refractivity contribution in [2.75, 3.05) is 31.6 Å². The number of amides is 1. The number of anilines is 1. The Labute approximate surface area is 158 Å². The predicted molar refractivity (Wildman–Crippen MR) is 99.2 cm³/mol. The number of aromatic nitrogens is 4. The molecule has 2 saturated heterocycles. The van der Waals surface area contributed by atoms with E-state index in [-0.39, 0.29) is 17.4 Å². The zero-order valence-electron chi connectivity index (χ0n) is 15.7. The average Bonchev–Trinajstić information content (AvgIpc) is 2.67. The van der Waals surface area contributed by atoms with Gasteiger partial charge < -0.3 is 15.0 Å². The minimum atomic E-state index is -0.0316. The monoisotopic (exact) mass is 368 g/mol. The SMILES string of the molecule is Cc1ncc(C(C)Nc2ncc(C(=O)N3CC4(CCOCC4)C3)cn2)cn1. The van der Waals surface area contributed by atoms with Gasteiger partial charge in [-0.3, -0.25) is 4.79 Å². The van der Waals surface area contributed by atoms with Crippen LogP contribution in [-0.4, -0.2) is 57.0 Å². The maximum Gasteiger partial charge on any atom is 0.257 e. The summed E-state index contributed by atoms with van der Waals surface area (Å²) in [5.74, 6) is 1.21. The summed E-state index contributed by atoms with van der Waals surface area (Å²) >= 11 is 0. The van der Waals surface area contributed by atoms with Crippen molar-refractivity contribution in [1.82, 2.24) is 24.8 Å². The number of rotatable bonds is 4. The summed E-state index contributed by atoms with van der Waals surface area (Å²) < 4.78 is 5.43. The van der Waals surface area contributed by atoms with Gasteiger partial charge in [-0.2, -0.15) is 0 Å². The van der Waals surface area contributed by atoms with Crippen molar-refractivity contribution in [2.24, 2.45) is 5.41 Å². The molecule has 8 heteroatoms. The second-order valence-electron chi connectivity index (χ2n) is 7.50. The van der Waals surface area contributed by atoms with Crippen molar-refractivity contribution in [3.63, 3.8) is 0 Å². The van der Waals surface area contributed by atoms with Crippen LogP contribution in [-0.2, 0) is 4.74 Å². The van der Waals surface area contributed by atoms with E-state index in [4.69, 9.17) is 4.74 Å². The van der Waals surface area contributed by atoms with Crippen LogP contribution >= 0.6 is 0 Å². The van der Waals surface area contributed by atoms with E-state index in [9.17, 15) is 4.79 Å². The molecule has 1 unspecified atom stereocenters. The number of aryl methyl sites for hydroxylation is 1. The number of carbonyl (C=O) groups excluding carboxylic acids is 1. The van der Waals surface area contributed by atoms with Gasteiger partial charge in [0.2, 0.25) is 5.95 Å². The van der Waals surface area contributed by atoms with Gasteiger partial charge in [-0.25, -0.2) is 19.9 Å². The fourth-order valence-electron chi connectivity index (χ4n) is 3.63. The third-order valence-electron chi connectivity index (χ3n) is 5.44. The second-order valence-corrected chi connectivity index (χ2v) is 7.50. The van der Waals surface area contributed by atoms with Crippen LogP contribution < -0.4 is 5.32 Å². The number of nitrogens with zero attached hydrogens (tertiary/aromatic N) is 5. The maximum absolute atomic E-state index is 12.6. The number of hydrogen-bond donors (Lipinski definition) is 1. The van der Waals surface area contributed by atoms with Crippen LogP contribution in [0.15, 0.2) is 24.8 Å². The highest BCUT2D eigenvalue weighted by Crippen LogP contribution is 2.40. The van der Waals surface area contributed by atoms with Gasteiger partial charge in [0.05, 0.1) is 11.6 Å². The molecule has 0 radical (unpaired) electrons. The molecule has 2 aromatic heterocycles. The minimum absolute atomic E-state index is 0.00125. The summed E-state index contributed by atoms with van der Waals surface area (Å²) in [6, 6.07) is -0.0316. The molecule has 4 heterocycles. The Kier molecular flexibility index (Phi) is 4.73. The van der Waals surface area contributed by atoms with E-state index in [1.54, 1.807) is 24.8 Å². The van der Waals surface area contributed by atoms with Crippen molar-refractivity contribution >= 4 is 11.9 Å². The lowest BCUT2D eigenvalue weighted by Gasteiger charge is -2.52. The van der Waals surface area contributed by atoms with Gasteiger partial charge in [0.15, 0.2) is 0 Å². The Morgan fingerprint density at radius 3 is 2.37 bits per heavy atom. The molecule has 8 nitrogen and oxygen atoms in total. The normalized spacial score (nSPS) is 19.4. The number of carbonyl (C=O) groups is 1. The van der Waals surface area contributed by atoms with Crippen LogP contribution in [0.1, 0.15) is 47.6 Å². The predicted octanol–water partition coefficient (Wildman–Crippen LogP) is 2.00. The highest BCUT2D eigenvalue weighted by Gasteiger charge is 2.45. The summed E-state index contributed by atoms with van der Waals surface area (Å²) in [4.78, 5) is 31.5. The molecule has 0 saturated carbocycles. The fourth-order valence-corrected chi connectivity index (χ4v) is 3.63. The largest absolute Gasteiger partial charge is 0.381 e. The Morgan fingerprint density at radius 2 is 1.74 bits per heavy atom. The van der Waals surface area contributed by atoms with Gasteiger partial charge in [0.1, 0.15) is 5.82 Å². The molecule has 1 spiro atoms. The first-order chi connectivity index (χ1) is 13.0. The summed E-state index contributed by atoms with van der Waals surface area (Å²) in [6.07, 6.45) is 8.82. The van der Waals surface area contributed by atoms with E-state index < -0.39 is 0 Å². The third kappa shape index (κ3) is 3.75. The lowest BCUT2D eigenvalue weighted by molar-refractivity contribution is -0.0666. The molecule has 1 amide bonds. The molecule has 1 atom stereocenters. The number of nitrogens with one attached hydrogen (secondary N) is 1. The van der Waals surface area contributed by atoms with Crippen molar-refractivity contribution in [3.8, 4) is 0 Å². The Balaban J connectivity index is 1.34. The van der Waals surface area contributed by atoms with Gasteiger partial charge >= 0.3 is 0 Å². The zero-order chi connectivity index (χ0) is 18.9. The van der Waals surface area contributed by atoms with Gasteiger partial charge in [0, 0.05) is 62.1 Å². The summed E-state index contributed by atoms with van der Waals surface area (Å²) in [7, 11) is 0. The summed E-state index contributed by atoms with van der Waals surface area (Å²) in [6.45, 7) is 7.05. The lowest BCUT2D eigenvalue weighted by atomic mass is 9.73. The van der Waals surface area contributed by atoms with E-state index in [0.29, 0.717) is 11.5 Å². The van der Waals surface area contributed by atoms with Crippen LogP contribution in [0.3, 0.4) is 0 Å². The van der Waals surface area contributed by atoms with Crippen LogP contribution in [0.5, 0.6) is 0 Å². The van der Waals surface area contributed by atoms with Crippen molar-refractivity contribution < 1.29 is 9.53 Å².